The molecule has 0 aliphatic heterocycles. The lowest BCUT2D eigenvalue weighted by Gasteiger charge is -2.01. The third-order valence-electron chi connectivity index (χ3n) is 2.34. The molecule has 1 rings (SSSR count). The molecule has 0 aromatic heterocycles. The normalized spacial score (nSPS) is 9.79. The van der Waals surface area contributed by atoms with Gasteiger partial charge in [0.1, 0.15) is 0 Å². The highest BCUT2D eigenvalue weighted by Gasteiger charge is 1.96. The summed E-state index contributed by atoms with van der Waals surface area (Å²) in [5.74, 6) is 7.11. The summed E-state index contributed by atoms with van der Waals surface area (Å²) in [6, 6.07) is 6.29. The minimum Gasteiger partial charge on any atom is -0.0976 e. The van der Waals surface area contributed by atoms with Crippen LogP contribution in [0.15, 0.2) is 18.2 Å². The average Bonchev–Trinajstić information content (AvgIpc) is 2.12. The van der Waals surface area contributed by atoms with E-state index in [-0.39, 0.29) is 0 Å². The quantitative estimate of drug-likeness (QED) is 0.587. The predicted octanol–water partition coefficient (Wildman–Crippen LogP) is 3.70. The van der Waals surface area contributed by atoms with E-state index in [2.05, 4.69) is 57.7 Å². The summed E-state index contributed by atoms with van der Waals surface area (Å²) in [6.07, 6.45) is 0.980. The van der Waals surface area contributed by atoms with Crippen LogP contribution in [0, 0.1) is 31.6 Å². The van der Waals surface area contributed by atoms with Gasteiger partial charge in [-0.15, -0.1) is 0 Å². The van der Waals surface area contributed by atoms with Crippen molar-refractivity contribution in [1.82, 2.24) is 0 Å². The second-order valence-electron chi connectivity index (χ2n) is 4.15. The fourth-order valence-electron chi connectivity index (χ4n) is 1.24. The van der Waals surface area contributed by atoms with Crippen molar-refractivity contribution in [1.29, 1.82) is 0 Å². The minimum atomic E-state index is 0.660. The number of hydrogen-bond acceptors (Lipinski definition) is 0. The molecule has 0 unspecified atom stereocenters. The van der Waals surface area contributed by atoms with E-state index < -0.39 is 0 Å². The van der Waals surface area contributed by atoms with Gasteiger partial charge in [0.2, 0.25) is 0 Å². The molecule has 74 valence electrons. The predicted molar refractivity (Wildman–Crippen MR) is 62.2 cm³/mol. The highest BCUT2D eigenvalue weighted by Crippen LogP contribution is 2.11. The maximum absolute atomic E-state index is 3.24. The number of hydrogen-bond donors (Lipinski definition) is 0. The van der Waals surface area contributed by atoms with Crippen molar-refractivity contribution in [3.63, 3.8) is 0 Å². The zero-order chi connectivity index (χ0) is 10.6. The lowest BCUT2D eigenvalue weighted by Crippen LogP contribution is -1.87. The van der Waals surface area contributed by atoms with Gasteiger partial charge in [-0.05, 0) is 37.0 Å². The molecule has 0 fully saturated rings. The first-order valence-corrected chi connectivity index (χ1v) is 5.16. The van der Waals surface area contributed by atoms with Gasteiger partial charge in [-0.3, -0.25) is 0 Å². The van der Waals surface area contributed by atoms with Gasteiger partial charge in [-0.2, -0.15) is 0 Å². The monoisotopic (exact) mass is 186 g/mol. The van der Waals surface area contributed by atoms with E-state index in [1.54, 1.807) is 0 Å². The Kier molecular flexibility index (Phi) is 3.77. The summed E-state index contributed by atoms with van der Waals surface area (Å²) in [7, 11) is 0. The topological polar surface area (TPSA) is 0 Å². The minimum absolute atomic E-state index is 0.660. The molecule has 0 N–H and O–H groups in total. The molecule has 1 aromatic rings. The van der Waals surface area contributed by atoms with Gasteiger partial charge >= 0.3 is 0 Å². The van der Waals surface area contributed by atoms with Gasteiger partial charge < -0.3 is 0 Å². The van der Waals surface area contributed by atoms with Crippen LogP contribution < -0.4 is 0 Å². The second-order valence-corrected chi connectivity index (χ2v) is 4.15. The summed E-state index contributed by atoms with van der Waals surface area (Å²) in [5, 5.41) is 0. The molecule has 0 radical (unpaired) electrons. The molecule has 0 spiro atoms. The molecule has 0 aliphatic rings. The summed E-state index contributed by atoms with van der Waals surface area (Å²) in [6.45, 7) is 8.65. The van der Waals surface area contributed by atoms with Gasteiger partial charge in [-0.25, -0.2) is 0 Å². The number of aryl methyl sites for hydroxylation is 1. The molecule has 0 heterocycles. The summed E-state index contributed by atoms with van der Waals surface area (Å²) in [5.41, 5.74) is 3.80. The van der Waals surface area contributed by atoms with Gasteiger partial charge in [-0.1, -0.05) is 37.8 Å². The highest BCUT2D eigenvalue weighted by atomic mass is 14.0. The summed E-state index contributed by atoms with van der Waals surface area (Å²) >= 11 is 0. The molecule has 0 saturated carbocycles. The lowest BCUT2D eigenvalue weighted by atomic mass is 10.0. The first-order valence-electron chi connectivity index (χ1n) is 5.16. The van der Waals surface area contributed by atoms with Crippen molar-refractivity contribution >= 4 is 0 Å². The van der Waals surface area contributed by atoms with Crippen molar-refractivity contribution < 1.29 is 0 Å². The fraction of sp³-hybridized carbons (Fsp3) is 0.429. The Bertz CT molecular complexity index is 361. The Morgan fingerprint density at radius 2 is 1.93 bits per heavy atom. The van der Waals surface area contributed by atoms with E-state index in [9.17, 15) is 0 Å². The smallest absolute Gasteiger partial charge is 0.0277 e. The van der Waals surface area contributed by atoms with Crippen LogP contribution in [-0.2, 0) is 0 Å². The van der Waals surface area contributed by atoms with Crippen LogP contribution in [0.25, 0.3) is 0 Å². The lowest BCUT2D eigenvalue weighted by molar-refractivity contribution is 0.676. The molecule has 0 heteroatoms. The SMILES string of the molecule is Cc1cccc(C#CCC(C)C)c1C. The Morgan fingerprint density at radius 1 is 1.21 bits per heavy atom. The maximum Gasteiger partial charge on any atom is 0.0277 e. The third-order valence-corrected chi connectivity index (χ3v) is 2.34. The van der Waals surface area contributed by atoms with Crippen LogP contribution in [0.2, 0.25) is 0 Å². The zero-order valence-corrected chi connectivity index (χ0v) is 9.52. The Labute approximate surface area is 87.4 Å². The maximum atomic E-state index is 3.24. The van der Waals surface area contributed by atoms with E-state index in [4.69, 9.17) is 0 Å². The van der Waals surface area contributed by atoms with Crippen molar-refractivity contribution in [2.75, 3.05) is 0 Å². The van der Waals surface area contributed by atoms with Crippen molar-refractivity contribution in [3.8, 4) is 11.8 Å². The fourth-order valence-corrected chi connectivity index (χ4v) is 1.24. The standard InChI is InChI=1S/C14H18/c1-11(2)7-5-9-14-10-6-8-12(3)13(14)4/h6,8,10-11H,7H2,1-4H3. The van der Waals surface area contributed by atoms with Crippen molar-refractivity contribution in [3.05, 3.63) is 34.9 Å². The van der Waals surface area contributed by atoms with E-state index in [1.165, 1.54) is 16.7 Å². The molecule has 0 amide bonds. The van der Waals surface area contributed by atoms with Crippen LogP contribution in [0.3, 0.4) is 0 Å². The molecule has 0 nitrogen and oxygen atoms in total. The number of benzene rings is 1. The van der Waals surface area contributed by atoms with Gasteiger partial charge in [0.15, 0.2) is 0 Å². The van der Waals surface area contributed by atoms with E-state index in [0.29, 0.717) is 5.92 Å². The van der Waals surface area contributed by atoms with E-state index >= 15 is 0 Å². The van der Waals surface area contributed by atoms with Crippen molar-refractivity contribution in [2.24, 2.45) is 5.92 Å². The molecule has 0 aliphatic carbocycles. The largest absolute Gasteiger partial charge is 0.0976 e. The van der Waals surface area contributed by atoms with Crippen LogP contribution in [0.4, 0.5) is 0 Å². The van der Waals surface area contributed by atoms with E-state index in [1.807, 2.05) is 0 Å². The highest BCUT2D eigenvalue weighted by molar-refractivity contribution is 5.44. The molecule has 0 atom stereocenters. The first-order chi connectivity index (χ1) is 6.61. The van der Waals surface area contributed by atoms with Crippen LogP contribution in [0.1, 0.15) is 37.0 Å². The van der Waals surface area contributed by atoms with Gasteiger partial charge in [0.25, 0.3) is 0 Å². The average molecular weight is 186 g/mol. The Morgan fingerprint density at radius 3 is 2.57 bits per heavy atom. The molecular formula is C14H18. The Hall–Kier alpha value is -1.22. The first kappa shape index (κ1) is 10.9. The van der Waals surface area contributed by atoms with Gasteiger partial charge in [0, 0.05) is 12.0 Å². The molecular weight excluding hydrogens is 168 g/mol. The molecule has 14 heavy (non-hydrogen) atoms. The molecule has 1 aromatic carbocycles. The molecule has 0 bridgehead atoms. The Balaban J connectivity index is 2.85. The summed E-state index contributed by atoms with van der Waals surface area (Å²) < 4.78 is 0. The van der Waals surface area contributed by atoms with E-state index in [0.717, 1.165) is 6.42 Å². The zero-order valence-electron chi connectivity index (χ0n) is 9.52. The van der Waals surface area contributed by atoms with Gasteiger partial charge in [0.05, 0.1) is 0 Å². The van der Waals surface area contributed by atoms with Crippen LogP contribution >= 0.6 is 0 Å². The second kappa shape index (κ2) is 4.86. The summed E-state index contributed by atoms with van der Waals surface area (Å²) in [4.78, 5) is 0. The van der Waals surface area contributed by atoms with Crippen LogP contribution in [0.5, 0.6) is 0 Å². The van der Waals surface area contributed by atoms with Crippen molar-refractivity contribution in [2.45, 2.75) is 34.1 Å². The van der Waals surface area contributed by atoms with Crippen LogP contribution in [-0.4, -0.2) is 0 Å². The third kappa shape index (κ3) is 2.92. The number of rotatable bonds is 1. The molecule has 0 saturated heterocycles.